The van der Waals surface area contributed by atoms with Crippen molar-refractivity contribution < 1.29 is 9.90 Å². The van der Waals surface area contributed by atoms with Crippen LogP contribution >= 0.6 is 0 Å². The van der Waals surface area contributed by atoms with Crippen LogP contribution in [0.4, 0.5) is 0 Å². The lowest BCUT2D eigenvalue weighted by Gasteiger charge is -2.04. The van der Waals surface area contributed by atoms with E-state index in [1.165, 1.54) is 6.20 Å². The van der Waals surface area contributed by atoms with Gasteiger partial charge in [0, 0.05) is 24.5 Å². The van der Waals surface area contributed by atoms with Gasteiger partial charge < -0.3 is 10.8 Å². The summed E-state index contributed by atoms with van der Waals surface area (Å²) in [6, 6.07) is 3.23. The average Bonchev–Trinajstić information content (AvgIpc) is 2.17. The fourth-order valence-corrected chi connectivity index (χ4v) is 0.808. The van der Waals surface area contributed by atoms with Crippen LogP contribution in [0.5, 0.6) is 0 Å². The van der Waals surface area contributed by atoms with E-state index in [4.69, 9.17) is 10.8 Å². The minimum atomic E-state index is -1.12. The molecule has 4 nitrogen and oxygen atoms in total. The van der Waals surface area contributed by atoms with E-state index in [0.29, 0.717) is 5.56 Å². The number of hydrogen-bond acceptors (Lipinski definition) is 4. The number of aromatic nitrogens is 1. The Bertz CT molecular complexity index is 261. The molecule has 0 aliphatic carbocycles. The molecule has 3 N–H and O–H groups in total. The number of aliphatic hydroxyl groups excluding tert-OH is 1. The predicted octanol–water partition coefficient (Wildman–Crippen LogP) is -0.416. The van der Waals surface area contributed by atoms with Gasteiger partial charge in [-0.25, -0.2) is 0 Å². The van der Waals surface area contributed by atoms with E-state index in [0.717, 1.165) is 0 Å². The van der Waals surface area contributed by atoms with Crippen molar-refractivity contribution in [3.63, 3.8) is 0 Å². The standard InChI is InChI=1S/C8H10N2O2/c9-4-7(11)8(12)6-2-1-3-10-5-6/h1-3,5,7,11H,4,9H2. The summed E-state index contributed by atoms with van der Waals surface area (Å²) in [5.41, 5.74) is 5.50. The molecule has 1 atom stereocenters. The zero-order valence-corrected chi connectivity index (χ0v) is 6.47. The van der Waals surface area contributed by atoms with E-state index in [-0.39, 0.29) is 12.3 Å². The number of Topliss-reactive ketones (excluding diaryl/α,β-unsaturated/α-hetero) is 1. The highest BCUT2D eigenvalue weighted by molar-refractivity contribution is 5.99. The zero-order valence-electron chi connectivity index (χ0n) is 6.47. The van der Waals surface area contributed by atoms with Crippen LogP contribution in [0, 0.1) is 0 Å². The van der Waals surface area contributed by atoms with Gasteiger partial charge in [0.05, 0.1) is 0 Å². The highest BCUT2D eigenvalue weighted by Crippen LogP contribution is 2.00. The van der Waals surface area contributed by atoms with E-state index < -0.39 is 6.10 Å². The van der Waals surface area contributed by atoms with Gasteiger partial charge in [0.25, 0.3) is 0 Å². The molecule has 4 heteroatoms. The molecular weight excluding hydrogens is 156 g/mol. The second-order valence-corrected chi connectivity index (χ2v) is 2.36. The van der Waals surface area contributed by atoms with Crippen molar-refractivity contribution in [3.05, 3.63) is 30.1 Å². The second kappa shape index (κ2) is 3.94. The molecule has 64 valence electrons. The number of carbonyl (C=O) groups is 1. The average molecular weight is 166 g/mol. The summed E-state index contributed by atoms with van der Waals surface area (Å²) >= 11 is 0. The zero-order chi connectivity index (χ0) is 8.97. The maximum atomic E-state index is 11.2. The number of nitrogens with two attached hydrogens (primary N) is 1. The minimum absolute atomic E-state index is 0.0618. The van der Waals surface area contributed by atoms with Crippen molar-refractivity contribution in [1.29, 1.82) is 0 Å². The molecule has 0 aliphatic heterocycles. The summed E-state index contributed by atoms with van der Waals surface area (Å²) in [6.45, 7) is -0.0618. The van der Waals surface area contributed by atoms with Crippen LogP contribution < -0.4 is 5.73 Å². The van der Waals surface area contributed by atoms with Crippen molar-refractivity contribution in [2.45, 2.75) is 6.10 Å². The molecule has 0 aromatic carbocycles. The summed E-state index contributed by atoms with van der Waals surface area (Å²) in [5.74, 6) is -0.384. The Morgan fingerprint density at radius 3 is 3.00 bits per heavy atom. The molecular formula is C8H10N2O2. The summed E-state index contributed by atoms with van der Waals surface area (Å²) in [4.78, 5) is 15.0. The van der Waals surface area contributed by atoms with E-state index in [1.807, 2.05) is 0 Å². The Kier molecular flexibility index (Phi) is 2.90. The molecule has 0 aliphatic rings. The minimum Gasteiger partial charge on any atom is -0.384 e. The topological polar surface area (TPSA) is 76.2 Å². The summed E-state index contributed by atoms with van der Waals surface area (Å²) in [5, 5.41) is 9.08. The van der Waals surface area contributed by atoms with Crippen LogP contribution in [0.2, 0.25) is 0 Å². The van der Waals surface area contributed by atoms with Crippen molar-refractivity contribution in [2.24, 2.45) is 5.73 Å². The first kappa shape index (κ1) is 8.83. The molecule has 12 heavy (non-hydrogen) atoms. The Hall–Kier alpha value is -1.26. The molecule has 0 radical (unpaired) electrons. The third-order valence-electron chi connectivity index (χ3n) is 1.47. The molecule has 0 amide bonds. The largest absolute Gasteiger partial charge is 0.384 e. The lowest BCUT2D eigenvalue weighted by molar-refractivity contribution is 0.0762. The fraction of sp³-hybridized carbons (Fsp3) is 0.250. The Morgan fingerprint density at radius 2 is 2.50 bits per heavy atom. The summed E-state index contributed by atoms with van der Waals surface area (Å²) < 4.78 is 0. The van der Waals surface area contributed by atoms with Gasteiger partial charge in [-0.2, -0.15) is 0 Å². The van der Waals surface area contributed by atoms with Gasteiger partial charge in [-0.1, -0.05) is 0 Å². The van der Waals surface area contributed by atoms with Crippen LogP contribution in [0.1, 0.15) is 10.4 Å². The van der Waals surface area contributed by atoms with Gasteiger partial charge >= 0.3 is 0 Å². The fourth-order valence-electron chi connectivity index (χ4n) is 0.808. The molecule has 1 aromatic heterocycles. The maximum absolute atomic E-state index is 11.2. The van der Waals surface area contributed by atoms with E-state index in [9.17, 15) is 4.79 Å². The van der Waals surface area contributed by atoms with Gasteiger partial charge in [-0.05, 0) is 12.1 Å². The first-order valence-corrected chi connectivity index (χ1v) is 3.58. The highest BCUT2D eigenvalue weighted by atomic mass is 16.3. The van der Waals surface area contributed by atoms with E-state index in [1.54, 1.807) is 18.3 Å². The first-order valence-electron chi connectivity index (χ1n) is 3.58. The number of ketones is 1. The van der Waals surface area contributed by atoms with Gasteiger partial charge in [0.2, 0.25) is 0 Å². The Labute approximate surface area is 70.0 Å². The van der Waals surface area contributed by atoms with Crippen molar-refractivity contribution in [1.82, 2.24) is 4.98 Å². The third kappa shape index (κ3) is 1.87. The number of aliphatic hydroxyl groups is 1. The lowest BCUT2D eigenvalue weighted by Crippen LogP contribution is -2.29. The summed E-state index contributed by atoms with van der Waals surface area (Å²) in [7, 11) is 0. The molecule has 1 rings (SSSR count). The highest BCUT2D eigenvalue weighted by Gasteiger charge is 2.14. The van der Waals surface area contributed by atoms with Crippen LogP contribution in [-0.4, -0.2) is 28.5 Å². The van der Waals surface area contributed by atoms with Crippen LogP contribution in [0.15, 0.2) is 24.5 Å². The van der Waals surface area contributed by atoms with Gasteiger partial charge in [-0.15, -0.1) is 0 Å². The molecule has 0 bridgehead atoms. The van der Waals surface area contributed by atoms with E-state index in [2.05, 4.69) is 4.98 Å². The van der Waals surface area contributed by atoms with Gasteiger partial charge in [0.15, 0.2) is 5.78 Å². The van der Waals surface area contributed by atoms with Crippen LogP contribution in [0.25, 0.3) is 0 Å². The smallest absolute Gasteiger partial charge is 0.194 e. The predicted molar refractivity (Wildman–Crippen MR) is 43.6 cm³/mol. The number of rotatable bonds is 3. The molecule has 0 saturated carbocycles. The SMILES string of the molecule is NCC(O)C(=O)c1cccnc1. The second-order valence-electron chi connectivity index (χ2n) is 2.36. The quantitative estimate of drug-likeness (QED) is 0.598. The molecule has 0 fully saturated rings. The van der Waals surface area contributed by atoms with Gasteiger partial charge in [-0.3, -0.25) is 9.78 Å². The number of carbonyl (C=O) groups excluding carboxylic acids is 1. The molecule has 1 heterocycles. The molecule has 1 aromatic rings. The molecule has 0 spiro atoms. The van der Waals surface area contributed by atoms with E-state index >= 15 is 0 Å². The van der Waals surface area contributed by atoms with Crippen molar-refractivity contribution >= 4 is 5.78 Å². The monoisotopic (exact) mass is 166 g/mol. The third-order valence-corrected chi connectivity index (χ3v) is 1.47. The lowest BCUT2D eigenvalue weighted by atomic mass is 10.1. The Balaban J connectivity index is 2.79. The number of nitrogens with zero attached hydrogens (tertiary/aromatic N) is 1. The van der Waals surface area contributed by atoms with Crippen molar-refractivity contribution in [2.75, 3.05) is 6.54 Å². The van der Waals surface area contributed by atoms with Crippen LogP contribution in [-0.2, 0) is 0 Å². The Morgan fingerprint density at radius 1 is 1.75 bits per heavy atom. The summed E-state index contributed by atoms with van der Waals surface area (Å²) in [6.07, 6.45) is 1.85. The molecule has 0 saturated heterocycles. The number of hydrogen-bond donors (Lipinski definition) is 2. The van der Waals surface area contributed by atoms with Crippen molar-refractivity contribution in [3.8, 4) is 0 Å². The normalized spacial score (nSPS) is 12.5. The molecule has 1 unspecified atom stereocenters. The number of pyridine rings is 1. The van der Waals surface area contributed by atoms with Gasteiger partial charge in [0.1, 0.15) is 6.10 Å². The first-order chi connectivity index (χ1) is 5.75. The maximum Gasteiger partial charge on any atom is 0.194 e. The van der Waals surface area contributed by atoms with Crippen LogP contribution in [0.3, 0.4) is 0 Å².